The van der Waals surface area contributed by atoms with Crippen molar-refractivity contribution in [3.8, 4) is 17.6 Å². The number of aromatic nitrogens is 2. The van der Waals surface area contributed by atoms with Crippen LogP contribution in [0, 0.1) is 11.3 Å². The van der Waals surface area contributed by atoms with Gasteiger partial charge in [0.15, 0.2) is 5.69 Å². The largest absolute Gasteiger partial charge is 0.497 e. The average molecular weight is 389 g/mol. The van der Waals surface area contributed by atoms with Crippen molar-refractivity contribution >= 4 is 17.4 Å². The summed E-state index contributed by atoms with van der Waals surface area (Å²) in [6.07, 6.45) is 0. The standard InChI is InChI=1S/C21H19N5O3/c1-28-16-6-8-17(9-7-16)29-13-12-23-20-11-10-19(25-26-20)21(27)24-18-5-3-2-4-15(18)14-22/h2-11H,12-13H2,1H3,(H,23,26)(H,24,27). The van der Waals surface area contributed by atoms with Gasteiger partial charge in [0.25, 0.3) is 5.91 Å². The van der Waals surface area contributed by atoms with Gasteiger partial charge in [-0.25, -0.2) is 0 Å². The van der Waals surface area contributed by atoms with E-state index < -0.39 is 5.91 Å². The third-order valence-electron chi connectivity index (χ3n) is 3.93. The zero-order valence-corrected chi connectivity index (χ0v) is 15.8. The summed E-state index contributed by atoms with van der Waals surface area (Å²) in [4.78, 5) is 12.3. The van der Waals surface area contributed by atoms with Crippen molar-refractivity contribution in [2.24, 2.45) is 0 Å². The van der Waals surface area contributed by atoms with Gasteiger partial charge in [-0.05, 0) is 48.5 Å². The number of ether oxygens (including phenoxy) is 2. The Morgan fingerprint density at radius 2 is 1.79 bits per heavy atom. The molecule has 0 unspecified atom stereocenters. The summed E-state index contributed by atoms with van der Waals surface area (Å²) < 4.78 is 10.7. The molecule has 1 amide bonds. The third-order valence-corrected chi connectivity index (χ3v) is 3.93. The van der Waals surface area contributed by atoms with Gasteiger partial charge in [-0.2, -0.15) is 5.26 Å². The second-order valence-electron chi connectivity index (χ2n) is 5.87. The van der Waals surface area contributed by atoms with Gasteiger partial charge in [0.2, 0.25) is 0 Å². The molecular weight excluding hydrogens is 370 g/mol. The predicted octanol–water partition coefficient (Wildman–Crippen LogP) is 3.10. The van der Waals surface area contributed by atoms with Crippen LogP contribution in [-0.2, 0) is 0 Å². The fraction of sp³-hybridized carbons (Fsp3) is 0.143. The van der Waals surface area contributed by atoms with E-state index in [4.69, 9.17) is 14.7 Å². The molecule has 0 bridgehead atoms. The van der Waals surface area contributed by atoms with Crippen molar-refractivity contribution < 1.29 is 14.3 Å². The molecule has 0 fully saturated rings. The van der Waals surface area contributed by atoms with Crippen molar-refractivity contribution in [2.45, 2.75) is 0 Å². The Bertz CT molecular complexity index is 998. The van der Waals surface area contributed by atoms with Crippen molar-refractivity contribution in [1.29, 1.82) is 5.26 Å². The lowest BCUT2D eigenvalue weighted by Gasteiger charge is -2.09. The maximum absolute atomic E-state index is 12.3. The van der Waals surface area contributed by atoms with Crippen LogP contribution in [0.15, 0.2) is 60.7 Å². The normalized spacial score (nSPS) is 9.93. The SMILES string of the molecule is COc1ccc(OCCNc2ccc(C(=O)Nc3ccccc3C#N)nn2)cc1. The van der Waals surface area contributed by atoms with Gasteiger partial charge in [-0.15, -0.1) is 10.2 Å². The van der Waals surface area contributed by atoms with E-state index in [9.17, 15) is 4.79 Å². The maximum atomic E-state index is 12.3. The molecule has 2 aromatic carbocycles. The minimum Gasteiger partial charge on any atom is -0.497 e. The van der Waals surface area contributed by atoms with Gasteiger partial charge in [0, 0.05) is 0 Å². The second-order valence-corrected chi connectivity index (χ2v) is 5.87. The van der Waals surface area contributed by atoms with Crippen molar-refractivity contribution in [3.05, 3.63) is 71.9 Å². The molecule has 0 atom stereocenters. The number of para-hydroxylation sites is 1. The first-order chi connectivity index (χ1) is 14.2. The number of nitrogens with zero attached hydrogens (tertiary/aromatic N) is 3. The fourth-order valence-corrected chi connectivity index (χ4v) is 2.44. The van der Waals surface area contributed by atoms with E-state index in [0.717, 1.165) is 11.5 Å². The summed E-state index contributed by atoms with van der Waals surface area (Å²) >= 11 is 0. The van der Waals surface area contributed by atoms with Crippen LogP contribution in [0.5, 0.6) is 11.5 Å². The maximum Gasteiger partial charge on any atom is 0.276 e. The molecule has 8 nitrogen and oxygen atoms in total. The first kappa shape index (κ1) is 19.6. The number of benzene rings is 2. The molecule has 29 heavy (non-hydrogen) atoms. The van der Waals surface area contributed by atoms with Gasteiger partial charge >= 0.3 is 0 Å². The first-order valence-electron chi connectivity index (χ1n) is 8.84. The van der Waals surface area contributed by atoms with Crippen LogP contribution < -0.4 is 20.1 Å². The van der Waals surface area contributed by atoms with Crippen molar-refractivity contribution in [3.63, 3.8) is 0 Å². The number of nitriles is 1. The van der Waals surface area contributed by atoms with Gasteiger partial charge in [0.05, 0.1) is 24.9 Å². The smallest absolute Gasteiger partial charge is 0.276 e. The highest BCUT2D eigenvalue weighted by Crippen LogP contribution is 2.17. The average Bonchev–Trinajstić information content (AvgIpc) is 2.78. The molecule has 0 aliphatic carbocycles. The summed E-state index contributed by atoms with van der Waals surface area (Å²) in [5.41, 5.74) is 0.960. The zero-order valence-electron chi connectivity index (χ0n) is 15.8. The Labute approximate surface area is 168 Å². The highest BCUT2D eigenvalue weighted by atomic mass is 16.5. The molecule has 0 saturated carbocycles. The van der Waals surface area contributed by atoms with E-state index in [1.807, 2.05) is 30.3 Å². The van der Waals surface area contributed by atoms with Crippen LogP contribution in [0.1, 0.15) is 16.1 Å². The van der Waals surface area contributed by atoms with Crippen LogP contribution in [-0.4, -0.2) is 36.4 Å². The molecule has 0 aliphatic heterocycles. The minimum atomic E-state index is -0.436. The van der Waals surface area contributed by atoms with Gasteiger partial charge in [0.1, 0.15) is 30.0 Å². The lowest BCUT2D eigenvalue weighted by Crippen LogP contribution is -2.16. The molecule has 3 aromatic rings. The quantitative estimate of drug-likeness (QED) is 0.570. The number of anilines is 2. The molecule has 1 heterocycles. The number of hydrogen-bond donors (Lipinski definition) is 2. The molecule has 0 radical (unpaired) electrons. The van der Waals surface area contributed by atoms with Crippen LogP contribution in [0.3, 0.4) is 0 Å². The summed E-state index contributed by atoms with van der Waals surface area (Å²) in [6, 6.07) is 19.3. The fourth-order valence-electron chi connectivity index (χ4n) is 2.44. The zero-order chi connectivity index (χ0) is 20.5. The van der Waals surface area contributed by atoms with Gasteiger partial charge in [-0.3, -0.25) is 4.79 Å². The molecule has 2 N–H and O–H groups in total. The van der Waals surface area contributed by atoms with Gasteiger partial charge in [-0.1, -0.05) is 12.1 Å². The number of nitrogens with one attached hydrogen (secondary N) is 2. The first-order valence-corrected chi connectivity index (χ1v) is 8.84. The number of carbonyl (C=O) groups excluding carboxylic acids is 1. The molecule has 3 rings (SSSR count). The van der Waals surface area contributed by atoms with Gasteiger partial charge < -0.3 is 20.1 Å². The van der Waals surface area contributed by atoms with Crippen LogP contribution in [0.2, 0.25) is 0 Å². The molecule has 0 spiro atoms. The lowest BCUT2D eigenvalue weighted by atomic mass is 10.2. The summed E-state index contributed by atoms with van der Waals surface area (Å²) in [5.74, 6) is 1.60. The molecule has 8 heteroatoms. The molecule has 0 aliphatic rings. The van der Waals surface area contributed by atoms with E-state index in [-0.39, 0.29) is 5.69 Å². The van der Waals surface area contributed by atoms with Crippen molar-refractivity contribution in [1.82, 2.24) is 10.2 Å². The third kappa shape index (κ3) is 5.43. The summed E-state index contributed by atoms with van der Waals surface area (Å²) in [6.45, 7) is 0.947. The van der Waals surface area contributed by atoms with Crippen LogP contribution in [0.4, 0.5) is 11.5 Å². The topological polar surface area (TPSA) is 109 Å². The summed E-state index contributed by atoms with van der Waals surface area (Å²) in [5, 5.41) is 22.7. The second kappa shape index (κ2) is 9.71. The monoisotopic (exact) mass is 389 g/mol. The molecular formula is C21H19N5O3. The number of amides is 1. The summed E-state index contributed by atoms with van der Waals surface area (Å²) in [7, 11) is 1.61. The lowest BCUT2D eigenvalue weighted by molar-refractivity contribution is 0.102. The van der Waals surface area contributed by atoms with E-state index in [0.29, 0.717) is 30.2 Å². The van der Waals surface area contributed by atoms with E-state index in [1.165, 1.54) is 0 Å². The highest BCUT2D eigenvalue weighted by Gasteiger charge is 2.11. The molecule has 146 valence electrons. The van der Waals surface area contributed by atoms with E-state index in [1.54, 1.807) is 43.5 Å². The number of carbonyl (C=O) groups is 1. The Morgan fingerprint density at radius 3 is 2.48 bits per heavy atom. The van der Waals surface area contributed by atoms with Crippen molar-refractivity contribution in [2.75, 3.05) is 30.9 Å². The van der Waals surface area contributed by atoms with Crippen LogP contribution >= 0.6 is 0 Å². The van der Waals surface area contributed by atoms with E-state index >= 15 is 0 Å². The molecule has 1 aromatic heterocycles. The number of hydrogen-bond acceptors (Lipinski definition) is 7. The van der Waals surface area contributed by atoms with Crippen LogP contribution in [0.25, 0.3) is 0 Å². The highest BCUT2D eigenvalue weighted by molar-refractivity contribution is 6.03. The number of methoxy groups -OCH3 is 1. The Morgan fingerprint density at radius 1 is 1.03 bits per heavy atom. The Balaban J connectivity index is 1.48. The predicted molar refractivity (Wildman–Crippen MR) is 108 cm³/mol. The molecule has 0 saturated heterocycles. The van der Waals surface area contributed by atoms with E-state index in [2.05, 4.69) is 20.8 Å². The Kier molecular flexibility index (Phi) is 6.58. The number of rotatable bonds is 8. The minimum absolute atomic E-state index is 0.151. The Hall–Kier alpha value is -4.12.